The zero-order valence-electron chi connectivity index (χ0n) is 13.8. The molecule has 4 heteroatoms. The molecule has 21 heavy (non-hydrogen) atoms. The van der Waals surface area contributed by atoms with Gasteiger partial charge in [-0.15, -0.1) is 0 Å². The lowest BCUT2D eigenvalue weighted by Crippen LogP contribution is -2.57. The number of carbonyl (C=O) groups is 1. The second kappa shape index (κ2) is 7.59. The van der Waals surface area contributed by atoms with Crippen LogP contribution in [0.1, 0.15) is 59.3 Å². The molecule has 2 aliphatic rings. The molecular weight excluding hydrogens is 266 g/mol. The van der Waals surface area contributed by atoms with Crippen molar-refractivity contribution in [2.45, 2.75) is 70.9 Å². The Hall–Kier alpha value is -0.610. The summed E-state index contributed by atoms with van der Waals surface area (Å²) < 4.78 is 11.1. The molecule has 2 fully saturated rings. The van der Waals surface area contributed by atoms with Gasteiger partial charge in [-0.05, 0) is 44.4 Å². The van der Waals surface area contributed by atoms with E-state index in [0.29, 0.717) is 18.4 Å². The fourth-order valence-corrected chi connectivity index (χ4v) is 3.69. The predicted molar refractivity (Wildman–Crippen MR) is 83.1 cm³/mol. The van der Waals surface area contributed by atoms with Crippen molar-refractivity contribution in [2.24, 2.45) is 11.8 Å². The third kappa shape index (κ3) is 4.19. The van der Waals surface area contributed by atoms with Crippen LogP contribution in [-0.4, -0.2) is 37.4 Å². The quantitative estimate of drug-likeness (QED) is 0.766. The number of ether oxygens (including phenoxy) is 2. The van der Waals surface area contributed by atoms with Crippen LogP contribution in [0.25, 0.3) is 0 Å². The third-order valence-electron chi connectivity index (χ3n) is 5.09. The van der Waals surface area contributed by atoms with Crippen molar-refractivity contribution in [2.75, 3.05) is 19.8 Å². The number of carbonyl (C=O) groups excluding carboxylic acids is 1. The van der Waals surface area contributed by atoms with E-state index >= 15 is 0 Å². The first-order valence-corrected chi connectivity index (χ1v) is 8.61. The molecule has 1 heterocycles. The molecule has 4 nitrogen and oxygen atoms in total. The summed E-state index contributed by atoms with van der Waals surface area (Å²) in [6.45, 7) is 8.47. The number of rotatable bonds is 6. The molecule has 3 atom stereocenters. The Balaban J connectivity index is 2.03. The van der Waals surface area contributed by atoms with Crippen LogP contribution in [0.5, 0.6) is 0 Å². The summed E-state index contributed by atoms with van der Waals surface area (Å²) in [6.07, 6.45) is 6.60. The molecule has 1 N–H and O–H groups in total. The Morgan fingerprint density at radius 3 is 2.81 bits per heavy atom. The van der Waals surface area contributed by atoms with E-state index in [2.05, 4.69) is 19.2 Å². The van der Waals surface area contributed by atoms with Crippen LogP contribution < -0.4 is 5.32 Å². The average molecular weight is 297 g/mol. The maximum absolute atomic E-state index is 12.6. The van der Waals surface area contributed by atoms with E-state index in [4.69, 9.17) is 9.47 Å². The van der Waals surface area contributed by atoms with E-state index in [1.165, 1.54) is 6.42 Å². The fourth-order valence-electron chi connectivity index (χ4n) is 3.69. The molecule has 1 saturated heterocycles. The lowest BCUT2D eigenvalue weighted by atomic mass is 9.71. The predicted octanol–water partition coefficient (Wildman–Crippen LogP) is 2.90. The fraction of sp³-hybridized carbons (Fsp3) is 0.941. The lowest BCUT2D eigenvalue weighted by molar-refractivity contribution is -0.154. The largest absolute Gasteiger partial charge is 0.465 e. The summed E-state index contributed by atoms with van der Waals surface area (Å²) >= 11 is 0. The van der Waals surface area contributed by atoms with Crippen LogP contribution in [-0.2, 0) is 14.3 Å². The molecule has 1 saturated carbocycles. The van der Waals surface area contributed by atoms with Crippen molar-refractivity contribution in [1.29, 1.82) is 0 Å². The van der Waals surface area contributed by atoms with Crippen LogP contribution >= 0.6 is 0 Å². The number of nitrogens with one attached hydrogen (secondary N) is 1. The van der Waals surface area contributed by atoms with Gasteiger partial charge in [-0.1, -0.05) is 26.7 Å². The monoisotopic (exact) mass is 297 g/mol. The van der Waals surface area contributed by atoms with Gasteiger partial charge in [0.1, 0.15) is 5.54 Å². The average Bonchev–Trinajstić information content (AvgIpc) is 2.99. The maximum atomic E-state index is 12.6. The highest BCUT2D eigenvalue weighted by atomic mass is 16.5. The molecule has 0 radical (unpaired) electrons. The van der Waals surface area contributed by atoms with Crippen LogP contribution in [0.2, 0.25) is 0 Å². The van der Waals surface area contributed by atoms with Gasteiger partial charge >= 0.3 is 5.97 Å². The topological polar surface area (TPSA) is 47.6 Å². The summed E-state index contributed by atoms with van der Waals surface area (Å²) in [6, 6.07) is 0. The minimum atomic E-state index is -0.491. The van der Waals surface area contributed by atoms with Crippen LogP contribution in [0.4, 0.5) is 0 Å². The molecule has 0 amide bonds. The van der Waals surface area contributed by atoms with Crippen molar-refractivity contribution in [3.63, 3.8) is 0 Å². The smallest absolute Gasteiger partial charge is 0.326 e. The van der Waals surface area contributed by atoms with E-state index in [9.17, 15) is 4.79 Å². The van der Waals surface area contributed by atoms with Crippen LogP contribution in [0.3, 0.4) is 0 Å². The van der Waals surface area contributed by atoms with Gasteiger partial charge in [-0.2, -0.15) is 0 Å². The minimum absolute atomic E-state index is 0.0617. The Kier molecular flexibility index (Phi) is 6.06. The molecule has 0 aromatic heterocycles. The van der Waals surface area contributed by atoms with E-state index in [1.54, 1.807) is 0 Å². The molecule has 0 bridgehead atoms. The third-order valence-corrected chi connectivity index (χ3v) is 5.09. The van der Waals surface area contributed by atoms with Gasteiger partial charge in [0.15, 0.2) is 0 Å². The normalized spacial score (nSPS) is 33.3. The first kappa shape index (κ1) is 16.8. The highest BCUT2D eigenvalue weighted by Crippen LogP contribution is 2.37. The molecule has 1 aliphatic carbocycles. The molecule has 0 aromatic rings. The second-order valence-corrected chi connectivity index (χ2v) is 6.92. The van der Waals surface area contributed by atoms with Crippen molar-refractivity contribution >= 4 is 5.97 Å². The van der Waals surface area contributed by atoms with Crippen LogP contribution in [0, 0.1) is 11.8 Å². The molecule has 3 unspecified atom stereocenters. The zero-order valence-corrected chi connectivity index (χ0v) is 13.8. The molecular formula is C17H31NO3. The zero-order chi connectivity index (χ0) is 15.3. The van der Waals surface area contributed by atoms with Gasteiger partial charge in [-0.25, -0.2) is 0 Å². The Morgan fingerprint density at radius 2 is 2.19 bits per heavy atom. The standard InChI is InChI=1S/C17H31NO3/c1-4-20-16(19)17(18-12-15-8-6-10-21-15)9-5-7-14(11-17)13(2)3/h13-15,18H,4-12H2,1-3H3. The van der Waals surface area contributed by atoms with E-state index in [1.807, 2.05) is 6.92 Å². The number of hydrogen-bond donors (Lipinski definition) is 1. The summed E-state index contributed by atoms with van der Waals surface area (Å²) in [5.74, 6) is 1.15. The molecule has 0 aromatic carbocycles. The Morgan fingerprint density at radius 1 is 1.38 bits per heavy atom. The van der Waals surface area contributed by atoms with E-state index in [-0.39, 0.29) is 12.1 Å². The van der Waals surface area contributed by atoms with Crippen molar-refractivity contribution in [1.82, 2.24) is 5.32 Å². The summed E-state index contributed by atoms with van der Waals surface area (Å²) in [5, 5.41) is 3.55. The maximum Gasteiger partial charge on any atom is 0.326 e. The van der Waals surface area contributed by atoms with Gasteiger partial charge in [0, 0.05) is 13.2 Å². The highest BCUT2D eigenvalue weighted by Gasteiger charge is 2.44. The Bertz CT molecular complexity index is 339. The van der Waals surface area contributed by atoms with Crippen molar-refractivity contribution in [3.05, 3.63) is 0 Å². The van der Waals surface area contributed by atoms with Gasteiger partial charge in [0.05, 0.1) is 12.7 Å². The summed E-state index contributed by atoms with van der Waals surface area (Å²) in [4.78, 5) is 12.6. The van der Waals surface area contributed by atoms with Crippen LogP contribution in [0.15, 0.2) is 0 Å². The molecule has 2 rings (SSSR count). The van der Waals surface area contributed by atoms with Gasteiger partial charge in [0.25, 0.3) is 0 Å². The number of hydrogen-bond acceptors (Lipinski definition) is 4. The van der Waals surface area contributed by atoms with Gasteiger partial charge in [0.2, 0.25) is 0 Å². The SMILES string of the molecule is CCOC(=O)C1(NCC2CCCO2)CCCC(C(C)C)C1. The van der Waals surface area contributed by atoms with Gasteiger partial charge < -0.3 is 9.47 Å². The molecule has 122 valence electrons. The first-order valence-electron chi connectivity index (χ1n) is 8.61. The molecule has 0 spiro atoms. The lowest BCUT2D eigenvalue weighted by Gasteiger charge is -2.41. The van der Waals surface area contributed by atoms with Crippen molar-refractivity contribution in [3.8, 4) is 0 Å². The first-order chi connectivity index (χ1) is 10.1. The highest BCUT2D eigenvalue weighted by molar-refractivity contribution is 5.81. The van der Waals surface area contributed by atoms with E-state index in [0.717, 1.165) is 45.3 Å². The van der Waals surface area contributed by atoms with Gasteiger partial charge in [-0.3, -0.25) is 10.1 Å². The molecule has 1 aliphatic heterocycles. The Labute approximate surface area is 129 Å². The number of esters is 1. The summed E-state index contributed by atoms with van der Waals surface area (Å²) in [5.41, 5.74) is -0.491. The summed E-state index contributed by atoms with van der Waals surface area (Å²) in [7, 11) is 0. The second-order valence-electron chi connectivity index (χ2n) is 6.92. The van der Waals surface area contributed by atoms with E-state index < -0.39 is 5.54 Å². The van der Waals surface area contributed by atoms with Crippen molar-refractivity contribution < 1.29 is 14.3 Å². The minimum Gasteiger partial charge on any atom is -0.465 e.